The number of benzene rings is 1. The van der Waals surface area contributed by atoms with Crippen LogP contribution in [0.25, 0.3) is 0 Å². The van der Waals surface area contributed by atoms with Gasteiger partial charge in [0.2, 0.25) is 0 Å². The Morgan fingerprint density at radius 3 is 2.33 bits per heavy atom. The molecule has 144 valence electrons. The van der Waals surface area contributed by atoms with E-state index in [4.69, 9.17) is 14.2 Å². The standard InChI is InChI=1S/C18H20N2O6S/c1-24-13-6-12(7-14(8-13)25-2)18(23)20-10-17(22)26-11-16(21)19-9-15-4-3-5-27-15/h3-8H,9-11H2,1-2H3,(H,19,21)(H,20,23). The summed E-state index contributed by atoms with van der Waals surface area (Å²) in [5.74, 6) is -0.731. The van der Waals surface area contributed by atoms with E-state index in [-0.39, 0.29) is 12.1 Å². The Morgan fingerprint density at radius 2 is 1.74 bits per heavy atom. The first-order valence-corrected chi connectivity index (χ1v) is 8.85. The quantitative estimate of drug-likeness (QED) is 0.625. The lowest BCUT2D eigenvalue weighted by molar-refractivity contribution is -0.147. The molecule has 0 atom stereocenters. The summed E-state index contributed by atoms with van der Waals surface area (Å²) in [6, 6.07) is 8.43. The van der Waals surface area contributed by atoms with Gasteiger partial charge in [0.1, 0.15) is 18.0 Å². The van der Waals surface area contributed by atoms with E-state index in [1.807, 2.05) is 17.5 Å². The van der Waals surface area contributed by atoms with Gasteiger partial charge in [-0.3, -0.25) is 14.4 Å². The SMILES string of the molecule is COc1cc(OC)cc(C(=O)NCC(=O)OCC(=O)NCc2cccs2)c1. The number of rotatable bonds is 9. The van der Waals surface area contributed by atoms with E-state index in [0.717, 1.165) is 4.88 Å². The van der Waals surface area contributed by atoms with Gasteiger partial charge in [-0.25, -0.2) is 0 Å². The molecule has 1 aromatic carbocycles. The Kier molecular flexibility index (Phi) is 7.63. The summed E-state index contributed by atoms with van der Waals surface area (Å²) in [6.07, 6.45) is 0. The number of esters is 1. The summed E-state index contributed by atoms with van der Waals surface area (Å²) in [5, 5.41) is 6.97. The van der Waals surface area contributed by atoms with E-state index in [0.29, 0.717) is 18.0 Å². The molecule has 0 radical (unpaired) electrons. The van der Waals surface area contributed by atoms with E-state index in [2.05, 4.69) is 10.6 Å². The van der Waals surface area contributed by atoms with Gasteiger partial charge in [0.25, 0.3) is 11.8 Å². The van der Waals surface area contributed by atoms with Gasteiger partial charge in [0.05, 0.1) is 20.8 Å². The summed E-state index contributed by atoms with van der Waals surface area (Å²) >= 11 is 1.52. The van der Waals surface area contributed by atoms with Crippen molar-refractivity contribution in [1.29, 1.82) is 0 Å². The van der Waals surface area contributed by atoms with Gasteiger partial charge >= 0.3 is 5.97 Å². The first kappa shape index (κ1) is 20.2. The number of nitrogens with one attached hydrogen (secondary N) is 2. The van der Waals surface area contributed by atoms with E-state index in [1.54, 1.807) is 6.07 Å². The molecule has 1 heterocycles. The van der Waals surface area contributed by atoms with Crippen LogP contribution in [0.2, 0.25) is 0 Å². The minimum atomic E-state index is -0.718. The van der Waals surface area contributed by atoms with Crippen molar-refractivity contribution in [2.75, 3.05) is 27.4 Å². The van der Waals surface area contributed by atoms with Gasteiger partial charge in [-0.1, -0.05) is 6.07 Å². The lowest BCUT2D eigenvalue weighted by atomic mass is 10.2. The average Bonchev–Trinajstić information content (AvgIpc) is 3.21. The summed E-state index contributed by atoms with van der Waals surface area (Å²) < 4.78 is 15.0. The second kappa shape index (κ2) is 10.2. The number of amides is 2. The minimum Gasteiger partial charge on any atom is -0.497 e. The number of hydrogen-bond donors (Lipinski definition) is 2. The maximum atomic E-state index is 12.1. The number of carbonyl (C=O) groups excluding carboxylic acids is 3. The second-order valence-corrected chi connectivity index (χ2v) is 6.33. The molecule has 0 aliphatic carbocycles. The molecule has 2 amide bonds. The highest BCUT2D eigenvalue weighted by Gasteiger charge is 2.13. The molecule has 0 fully saturated rings. The van der Waals surface area contributed by atoms with Crippen molar-refractivity contribution < 1.29 is 28.6 Å². The highest BCUT2D eigenvalue weighted by atomic mass is 32.1. The molecule has 0 spiro atoms. The maximum absolute atomic E-state index is 12.1. The van der Waals surface area contributed by atoms with Gasteiger partial charge in [-0.05, 0) is 23.6 Å². The van der Waals surface area contributed by atoms with Crippen molar-refractivity contribution in [2.24, 2.45) is 0 Å². The molecule has 2 aromatic rings. The average molecular weight is 392 g/mol. The molecule has 0 aliphatic rings. The molecule has 0 bridgehead atoms. The summed E-state index contributed by atoms with van der Waals surface area (Å²) in [5.41, 5.74) is 0.271. The number of hydrogen-bond acceptors (Lipinski definition) is 7. The Balaban J connectivity index is 1.74. The molecule has 9 heteroatoms. The largest absolute Gasteiger partial charge is 0.497 e. The van der Waals surface area contributed by atoms with E-state index in [1.165, 1.54) is 37.7 Å². The molecule has 0 saturated carbocycles. The lowest BCUT2D eigenvalue weighted by Crippen LogP contribution is -2.33. The minimum absolute atomic E-state index is 0.271. The van der Waals surface area contributed by atoms with Crippen molar-refractivity contribution in [3.63, 3.8) is 0 Å². The molecule has 0 unspecified atom stereocenters. The van der Waals surface area contributed by atoms with Crippen LogP contribution in [0.15, 0.2) is 35.7 Å². The summed E-state index contributed by atoms with van der Waals surface area (Å²) in [7, 11) is 2.94. The van der Waals surface area contributed by atoms with Gasteiger partial charge in [-0.15, -0.1) is 11.3 Å². The lowest BCUT2D eigenvalue weighted by Gasteiger charge is -2.09. The molecule has 27 heavy (non-hydrogen) atoms. The predicted octanol–water partition coefficient (Wildman–Crippen LogP) is 1.35. The third kappa shape index (κ3) is 6.63. The van der Waals surface area contributed by atoms with Crippen LogP contribution >= 0.6 is 11.3 Å². The molecule has 0 aliphatic heterocycles. The zero-order valence-corrected chi connectivity index (χ0v) is 15.8. The fourth-order valence-electron chi connectivity index (χ4n) is 2.04. The van der Waals surface area contributed by atoms with Gasteiger partial charge in [-0.2, -0.15) is 0 Å². The van der Waals surface area contributed by atoms with Crippen molar-refractivity contribution in [3.05, 3.63) is 46.2 Å². The molecule has 8 nitrogen and oxygen atoms in total. The van der Waals surface area contributed by atoms with Crippen LogP contribution in [0.5, 0.6) is 11.5 Å². The number of thiophene rings is 1. The van der Waals surface area contributed by atoms with Crippen LogP contribution < -0.4 is 20.1 Å². The van der Waals surface area contributed by atoms with E-state index < -0.39 is 24.4 Å². The monoisotopic (exact) mass is 392 g/mol. The maximum Gasteiger partial charge on any atom is 0.325 e. The van der Waals surface area contributed by atoms with Gasteiger partial charge in [0.15, 0.2) is 6.61 Å². The van der Waals surface area contributed by atoms with Crippen LogP contribution in [-0.4, -0.2) is 45.2 Å². The van der Waals surface area contributed by atoms with Crippen LogP contribution in [0.3, 0.4) is 0 Å². The van der Waals surface area contributed by atoms with Crippen molar-refractivity contribution in [3.8, 4) is 11.5 Å². The molecule has 0 saturated heterocycles. The molecule has 1 aromatic heterocycles. The van der Waals surface area contributed by atoms with Gasteiger partial charge in [0, 0.05) is 16.5 Å². The summed E-state index contributed by atoms with van der Waals surface area (Å²) in [6.45, 7) is -0.397. The van der Waals surface area contributed by atoms with E-state index in [9.17, 15) is 14.4 Å². The molecular formula is C18H20N2O6S. The first-order chi connectivity index (χ1) is 13.0. The normalized spacial score (nSPS) is 10.0. The van der Waals surface area contributed by atoms with Crippen molar-refractivity contribution >= 4 is 29.1 Å². The molecule has 2 rings (SSSR count). The molecular weight excluding hydrogens is 372 g/mol. The summed E-state index contributed by atoms with van der Waals surface area (Å²) in [4.78, 5) is 36.5. The zero-order valence-electron chi connectivity index (χ0n) is 14.9. The topological polar surface area (TPSA) is 103 Å². The van der Waals surface area contributed by atoms with E-state index >= 15 is 0 Å². The van der Waals surface area contributed by atoms with Crippen LogP contribution in [-0.2, 0) is 20.9 Å². The van der Waals surface area contributed by atoms with Gasteiger partial charge < -0.3 is 24.8 Å². The molecule has 2 N–H and O–H groups in total. The van der Waals surface area contributed by atoms with Crippen LogP contribution in [0, 0.1) is 0 Å². The number of methoxy groups -OCH3 is 2. The second-order valence-electron chi connectivity index (χ2n) is 5.30. The van der Waals surface area contributed by atoms with Crippen molar-refractivity contribution in [2.45, 2.75) is 6.54 Å². The zero-order chi connectivity index (χ0) is 19.6. The Bertz CT molecular complexity index is 769. The Morgan fingerprint density at radius 1 is 1.04 bits per heavy atom. The Labute approximate surface area is 160 Å². The highest BCUT2D eigenvalue weighted by molar-refractivity contribution is 7.09. The smallest absolute Gasteiger partial charge is 0.325 e. The van der Waals surface area contributed by atoms with Crippen LogP contribution in [0.1, 0.15) is 15.2 Å². The van der Waals surface area contributed by atoms with Crippen LogP contribution in [0.4, 0.5) is 0 Å². The fourth-order valence-corrected chi connectivity index (χ4v) is 2.68. The predicted molar refractivity (Wildman–Crippen MR) is 99.0 cm³/mol. The highest BCUT2D eigenvalue weighted by Crippen LogP contribution is 2.22. The third-order valence-corrected chi connectivity index (χ3v) is 4.29. The van der Waals surface area contributed by atoms with Crippen molar-refractivity contribution in [1.82, 2.24) is 10.6 Å². The fraction of sp³-hybridized carbons (Fsp3) is 0.278. The Hall–Kier alpha value is -3.07. The first-order valence-electron chi connectivity index (χ1n) is 7.97. The number of ether oxygens (including phenoxy) is 3. The number of carbonyl (C=O) groups is 3. The third-order valence-electron chi connectivity index (χ3n) is 3.41.